The molecule has 0 saturated carbocycles. The topological polar surface area (TPSA) is 62.0 Å². The Hall–Kier alpha value is -2.32. The molecule has 0 radical (unpaired) electrons. The standard InChI is InChI=1S/C15H13ClN4O/c1-21-15-12-8-20(5-4-13(12)18-9-19-15)14-3-2-11(16)6-10(14)7-17/h2-3,6,9H,4-5,8H2,1H3. The van der Waals surface area contributed by atoms with E-state index in [1.165, 1.54) is 6.33 Å². The molecule has 1 aliphatic heterocycles. The molecule has 0 fully saturated rings. The van der Waals surface area contributed by atoms with E-state index in [1.807, 2.05) is 6.07 Å². The van der Waals surface area contributed by atoms with Gasteiger partial charge in [0.25, 0.3) is 0 Å². The maximum absolute atomic E-state index is 9.28. The van der Waals surface area contributed by atoms with Crippen molar-refractivity contribution in [2.75, 3.05) is 18.6 Å². The van der Waals surface area contributed by atoms with Crippen LogP contribution in [0.4, 0.5) is 5.69 Å². The highest BCUT2D eigenvalue weighted by molar-refractivity contribution is 6.30. The third kappa shape index (κ3) is 2.50. The van der Waals surface area contributed by atoms with Gasteiger partial charge in [-0.15, -0.1) is 0 Å². The Bertz CT molecular complexity index is 712. The molecule has 3 rings (SSSR count). The number of anilines is 1. The third-order valence-corrected chi connectivity index (χ3v) is 3.81. The Morgan fingerprint density at radius 3 is 3.00 bits per heavy atom. The van der Waals surface area contributed by atoms with Crippen molar-refractivity contribution < 1.29 is 4.74 Å². The monoisotopic (exact) mass is 300 g/mol. The maximum atomic E-state index is 9.28. The first-order valence-electron chi connectivity index (χ1n) is 6.54. The van der Waals surface area contributed by atoms with Crippen molar-refractivity contribution in [2.45, 2.75) is 13.0 Å². The smallest absolute Gasteiger partial charge is 0.221 e. The molecule has 2 aromatic rings. The van der Waals surface area contributed by atoms with Crippen molar-refractivity contribution in [3.63, 3.8) is 0 Å². The molecule has 0 unspecified atom stereocenters. The molecule has 0 saturated heterocycles. The van der Waals surface area contributed by atoms with Crippen molar-refractivity contribution in [3.8, 4) is 11.9 Å². The summed E-state index contributed by atoms with van der Waals surface area (Å²) >= 11 is 5.95. The number of fused-ring (bicyclic) bond motifs is 1. The third-order valence-electron chi connectivity index (χ3n) is 3.58. The molecule has 6 heteroatoms. The zero-order chi connectivity index (χ0) is 14.8. The van der Waals surface area contributed by atoms with Crippen LogP contribution in [0, 0.1) is 11.3 Å². The fraction of sp³-hybridized carbons (Fsp3) is 0.267. The first-order chi connectivity index (χ1) is 10.2. The molecule has 0 bridgehead atoms. The molecular formula is C15H13ClN4O. The lowest BCUT2D eigenvalue weighted by Gasteiger charge is -2.31. The molecule has 106 valence electrons. The molecule has 21 heavy (non-hydrogen) atoms. The lowest BCUT2D eigenvalue weighted by atomic mass is 10.0. The molecule has 1 aromatic heterocycles. The van der Waals surface area contributed by atoms with Crippen LogP contribution in [-0.2, 0) is 13.0 Å². The number of hydrogen-bond acceptors (Lipinski definition) is 5. The van der Waals surface area contributed by atoms with Gasteiger partial charge in [-0.3, -0.25) is 0 Å². The van der Waals surface area contributed by atoms with E-state index in [1.54, 1.807) is 19.2 Å². The van der Waals surface area contributed by atoms with Crippen LogP contribution in [0.25, 0.3) is 0 Å². The first kappa shape index (κ1) is 13.7. The fourth-order valence-electron chi connectivity index (χ4n) is 2.57. The van der Waals surface area contributed by atoms with Gasteiger partial charge in [0.1, 0.15) is 12.4 Å². The highest BCUT2D eigenvalue weighted by Gasteiger charge is 2.23. The van der Waals surface area contributed by atoms with Crippen LogP contribution < -0.4 is 9.64 Å². The summed E-state index contributed by atoms with van der Waals surface area (Å²) in [5.41, 5.74) is 3.43. The Morgan fingerprint density at radius 2 is 2.24 bits per heavy atom. The molecule has 1 aliphatic rings. The van der Waals surface area contributed by atoms with Gasteiger partial charge in [-0.1, -0.05) is 11.6 Å². The number of nitriles is 1. The zero-order valence-corrected chi connectivity index (χ0v) is 12.3. The van der Waals surface area contributed by atoms with Crippen LogP contribution in [-0.4, -0.2) is 23.6 Å². The lowest BCUT2D eigenvalue weighted by Crippen LogP contribution is -2.32. The molecular weight excluding hydrogens is 288 g/mol. The van der Waals surface area contributed by atoms with E-state index in [9.17, 15) is 5.26 Å². The average molecular weight is 301 g/mol. The van der Waals surface area contributed by atoms with E-state index in [0.717, 1.165) is 29.9 Å². The Morgan fingerprint density at radius 1 is 1.38 bits per heavy atom. The first-order valence-corrected chi connectivity index (χ1v) is 6.92. The van der Waals surface area contributed by atoms with E-state index in [-0.39, 0.29) is 0 Å². The second-order valence-electron chi connectivity index (χ2n) is 4.75. The van der Waals surface area contributed by atoms with Crippen LogP contribution in [0.1, 0.15) is 16.8 Å². The van der Waals surface area contributed by atoms with Crippen molar-refractivity contribution >= 4 is 17.3 Å². The largest absolute Gasteiger partial charge is 0.481 e. The second kappa shape index (κ2) is 5.58. The van der Waals surface area contributed by atoms with Gasteiger partial charge in [-0.2, -0.15) is 5.26 Å². The van der Waals surface area contributed by atoms with Crippen LogP contribution >= 0.6 is 11.6 Å². The van der Waals surface area contributed by atoms with Gasteiger partial charge in [-0.05, 0) is 18.2 Å². The molecule has 0 amide bonds. The maximum Gasteiger partial charge on any atom is 0.221 e. The van der Waals surface area contributed by atoms with Crippen LogP contribution in [0.2, 0.25) is 5.02 Å². The normalized spacial score (nSPS) is 13.5. The van der Waals surface area contributed by atoms with E-state index in [0.29, 0.717) is 23.0 Å². The van der Waals surface area contributed by atoms with Crippen LogP contribution in [0.15, 0.2) is 24.5 Å². The van der Waals surface area contributed by atoms with Gasteiger partial charge >= 0.3 is 0 Å². The summed E-state index contributed by atoms with van der Waals surface area (Å²) in [6, 6.07) is 7.56. The SMILES string of the molecule is COc1ncnc2c1CN(c1ccc(Cl)cc1C#N)CC2. The summed E-state index contributed by atoms with van der Waals surface area (Å²) in [7, 11) is 1.60. The van der Waals surface area contributed by atoms with Gasteiger partial charge in [0.15, 0.2) is 0 Å². The lowest BCUT2D eigenvalue weighted by molar-refractivity contribution is 0.387. The summed E-state index contributed by atoms with van der Waals surface area (Å²) in [5, 5.41) is 9.85. The van der Waals surface area contributed by atoms with Crippen LogP contribution in [0.3, 0.4) is 0 Å². The van der Waals surface area contributed by atoms with Crippen molar-refractivity contribution in [1.82, 2.24) is 9.97 Å². The van der Waals surface area contributed by atoms with E-state index >= 15 is 0 Å². The highest BCUT2D eigenvalue weighted by Crippen LogP contribution is 2.30. The number of methoxy groups -OCH3 is 1. The fourth-order valence-corrected chi connectivity index (χ4v) is 2.74. The number of rotatable bonds is 2. The van der Waals surface area contributed by atoms with Gasteiger partial charge < -0.3 is 9.64 Å². The predicted molar refractivity (Wildman–Crippen MR) is 79.5 cm³/mol. The number of hydrogen-bond donors (Lipinski definition) is 0. The number of benzene rings is 1. The predicted octanol–water partition coefficient (Wildman–Crippen LogP) is 2.57. The summed E-state index contributed by atoms with van der Waals surface area (Å²) in [6.07, 6.45) is 2.32. The minimum Gasteiger partial charge on any atom is -0.481 e. The van der Waals surface area contributed by atoms with Crippen molar-refractivity contribution in [2.24, 2.45) is 0 Å². The highest BCUT2D eigenvalue weighted by atomic mass is 35.5. The Balaban J connectivity index is 1.99. The Labute approximate surface area is 127 Å². The van der Waals surface area contributed by atoms with Gasteiger partial charge in [0.05, 0.1) is 36.2 Å². The van der Waals surface area contributed by atoms with Crippen molar-refractivity contribution in [1.29, 1.82) is 5.26 Å². The van der Waals surface area contributed by atoms with Gasteiger partial charge in [-0.25, -0.2) is 9.97 Å². The molecule has 1 aromatic carbocycles. The van der Waals surface area contributed by atoms with E-state index in [2.05, 4.69) is 20.9 Å². The minimum atomic E-state index is 0.564. The minimum absolute atomic E-state index is 0.564. The molecule has 5 nitrogen and oxygen atoms in total. The number of ether oxygens (including phenoxy) is 1. The summed E-state index contributed by atoms with van der Waals surface area (Å²) in [4.78, 5) is 10.6. The quantitative estimate of drug-likeness (QED) is 0.853. The molecule has 0 atom stereocenters. The number of halogens is 1. The summed E-state index contributed by atoms with van der Waals surface area (Å²) in [5.74, 6) is 0.595. The molecule has 2 heterocycles. The zero-order valence-electron chi connectivity index (χ0n) is 11.5. The summed E-state index contributed by atoms with van der Waals surface area (Å²) in [6.45, 7) is 1.42. The van der Waals surface area contributed by atoms with Crippen LogP contribution in [0.5, 0.6) is 5.88 Å². The van der Waals surface area contributed by atoms with E-state index in [4.69, 9.17) is 16.3 Å². The summed E-state index contributed by atoms with van der Waals surface area (Å²) < 4.78 is 5.31. The van der Waals surface area contributed by atoms with Gasteiger partial charge in [0, 0.05) is 18.0 Å². The van der Waals surface area contributed by atoms with E-state index < -0.39 is 0 Å². The molecule has 0 N–H and O–H groups in total. The molecule has 0 aliphatic carbocycles. The number of aromatic nitrogens is 2. The molecule has 0 spiro atoms. The average Bonchev–Trinajstić information content (AvgIpc) is 2.53. The van der Waals surface area contributed by atoms with Crippen molar-refractivity contribution in [3.05, 3.63) is 46.4 Å². The second-order valence-corrected chi connectivity index (χ2v) is 5.19. The number of nitrogens with zero attached hydrogens (tertiary/aromatic N) is 4. The Kier molecular flexibility index (Phi) is 3.63. The van der Waals surface area contributed by atoms with Gasteiger partial charge in [0.2, 0.25) is 5.88 Å².